The molecule has 16 heavy (non-hydrogen) atoms. The average Bonchev–Trinajstić information content (AvgIpc) is 2.31. The highest BCUT2D eigenvalue weighted by molar-refractivity contribution is 6.53. The van der Waals surface area contributed by atoms with Crippen molar-refractivity contribution in [2.45, 2.75) is 19.8 Å². The van der Waals surface area contributed by atoms with Crippen molar-refractivity contribution in [3.05, 3.63) is 12.2 Å². The minimum absolute atomic E-state index is 0.0885. The lowest BCUT2D eigenvalue weighted by atomic mass is 10.2. The van der Waals surface area contributed by atoms with E-state index in [2.05, 4.69) is 0 Å². The smallest absolute Gasteiger partial charge is 0.355 e. The number of rotatable bonds is 9. The predicted octanol–water partition coefficient (Wildman–Crippen LogP) is 1.30. The van der Waals surface area contributed by atoms with Crippen LogP contribution in [0.5, 0.6) is 0 Å². The third-order valence-electron chi connectivity index (χ3n) is 1.95. The van der Waals surface area contributed by atoms with Crippen LogP contribution in [0.25, 0.3) is 0 Å². The molecule has 0 amide bonds. The molecule has 0 aliphatic carbocycles. The molecule has 0 radical (unpaired) electrons. The van der Waals surface area contributed by atoms with Crippen LogP contribution in [0, 0.1) is 0 Å². The number of allylic oxidation sites excluding steroid dienone is 2. The summed E-state index contributed by atoms with van der Waals surface area (Å²) in [5, 5.41) is 0. The van der Waals surface area contributed by atoms with Crippen LogP contribution in [0.3, 0.4) is 0 Å². The van der Waals surface area contributed by atoms with Crippen molar-refractivity contribution in [2.75, 3.05) is 27.9 Å². The molecule has 6 heteroatoms. The monoisotopic (exact) mass is 248 g/mol. The van der Waals surface area contributed by atoms with Gasteiger partial charge in [-0.15, -0.1) is 0 Å². The minimum atomic E-state index is -2.94. The van der Waals surface area contributed by atoms with Crippen LogP contribution in [0.1, 0.15) is 19.8 Å². The zero-order valence-corrected chi connectivity index (χ0v) is 11.3. The van der Waals surface area contributed by atoms with E-state index < -0.39 is 9.05 Å². The summed E-state index contributed by atoms with van der Waals surface area (Å²) in [6, 6.07) is 0. The zero-order chi connectivity index (χ0) is 12.4. The Morgan fingerprint density at radius 3 is 2.19 bits per heavy atom. The van der Waals surface area contributed by atoms with Gasteiger partial charge < -0.3 is 17.7 Å². The van der Waals surface area contributed by atoms with Crippen molar-refractivity contribution in [1.82, 2.24) is 0 Å². The fraction of sp³-hybridized carbons (Fsp3) is 0.700. The van der Waals surface area contributed by atoms with Crippen LogP contribution in [0.15, 0.2) is 12.2 Å². The summed E-state index contributed by atoms with van der Waals surface area (Å²) in [6.45, 7) is 2.19. The van der Waals surface area contributed by atoms with Crippen LogP contribution < -0.4 is 0 Å². The van der Waals surface area contributed by atoms with E-state index in [1.54, 1.807) is 12.2 Å². The van der Waals surface area contributed by atoms with Gasteiger partial charge in [0, 0.05) is 34.4 Å². The summed E-state index contributed by atoms with van der Waals surface area (Å²) < 4.78 is 20.6. The van der Waals surface area contributed by atoms with Crippen molar-refractivity contribution in [3.8, 4) is 0 Å². The quantitative estimate of drug-likeness (QED) is 0.350. The molecular weight excluding hydrogens is 228 g/mol. The van der Waals surface area contributed by atoms with Crippen molar-refractivity contribution >= 4 is 14.8 Å². The number of carbonyl (C=O) groups excluding carboxylic acids is 1. The molecule has 0 spiro atoms. The third-order valence-corrected chi connectivity index (χ3v) is 4.01. The summed E-state index contributed by atoms with van der Waals surface area (Å²) in [6.07, 6.45) is 4.34. The van der Waals surface area contributed by atoms with Crippen LogP contribution in [0.2, 0.25) is 0 Å². The van der Waals surface area contributed by atoms with Crippen molar-refractivity contribution in [1.29, 1.82) is 0 Å². The highest BCUT2D eigenvalue weighted by atomic mass is 28.4. The summed E-state index contributed by atoms with van der Waals surface area (Å²) >= 11 is 0. The lowest BCUT2D eigenvalue weighted by molar-refractivity contribution is -0.115. The molecule has 5 nitrogen and oxygen atoms in total. The van der Waals surface area contributed by atoms with Gasteiger partial charge in [-0.05, 0) is 19.4 Å². The van der Waals surface area contributed by atoms with E-state index >= 15 is 0 Å². The maximum Gasteiger partial charge on any atom is 0.678 e. The fourth-order valence-corrected chi connectivity index (χ4v) is 2.39. The standard InChI is InChI=1S/C10H20O5Si/c1-5-7-10(11)8-6-9-15-16(12-2,13-3)14-4/h5,7H,6,8-9H2,1-4H3. The topological polar surface area (TPSA) is 54.0 Å². The van der Waals surface area contributed by atoms with E-state index in [1.165, 1.54) is 21.3 Å². The van der Waals surface area contributed by atoms with E-state index in [4.69, 9.17) is 17.7 Å². The number of hydrogen-bond acceptors (Lipinski definition) is 5. The largest absolute Gasteiger partial charge is 0.678 e. The molecule has 94 valence electrons. The van der Waals surface area contributed by atoms with Crippen molar-refractivity contribution in [2.24, 2.45) is 0 Å². The van der Waals surface area contributed by atoms with Gasteiger partial charge in [-0.3, -0.25) is 4.79 Å². The van der Waals surface area contributed by atoms with Gasteiger partial charge in [0.2, 0.25) is 0 Å². The first-order chi connectivity index (χ1) is 7.64. The number of carbonyl (C=O) groups is 1. The highest BCUT2D eigenvalue weighted by Crippen LogP contribution is 2.08. The zero-order valence-electron chi connectivity index (χ0n) is 10.3. The molecule has 0 heterocycles. The first-order valence-corrected chi connectivity index (χ1v) is 6.72. The molecule has 0 aliphatic rings. The van der Waals surface area contributed by atoms with Gasteiger partial charge in [-0.25, -0.2) is 0 Å². The Morgan fingerprint density at radius 1 is 1.19 bits per heavy atom. The van der Waals surface area contributed by atoms with Gasteiger partial charge in [0.05, 0.1) is 0 Å². The summed E-state index contributed by atoms with van der Waals surface area (Å²) in [4.78, 5) is 11.2. The Bertz CT molecular complexity index is 217. The van der Waals surface area contributed by atoms with E-state index in [0.29, 0.717) is 19.4 Å². The second-order valence-electron chi connectivity index (χ2n) is 3.03. The first kappa shape index (κ1) is 15.5. The molecule has 0 aromatic rings. The summed E-state index contributed by atoms with van der Waals surface area (Å²) in [7, 11) is 1.49. The third kappa shape index (κ3) is 5.52. The average molecular weight is 248 g/mol. The maximum atomic E-state index is 11.2. The molecule has 0 N–H and O–H groups in total. The fourth-order valence-electron chi connectivity index (χ4n) is 1.14. The van der Waals surface area contributed by atoms with E-state index in [0.717, 1.165) is 0 Å². The predicted molar refractivity (Wildman–Crippen MR) is 61.8 cm³/mol. The molecule has 0 saturated carbocycles. The molecule has 0 aromatic heterocycles. The molecule has 0 saturated heterocycles. The molecule has 0 bridgehead atoms. The molecule has 0 atom stereocenters. The molecule has 0 aromatic carbocycles. The Labute approximate surface area is 97.8 Å². The van der Waals surface area contributed by atoms with Crippen LogP contribution in [-0.2, 0) is 22.5 Å². The Morgan fingerprint density at radius 2 is 1.75 bits per heavy atom. The molecule has 0 rings (SSSR count). The van der Waals surface area contributed by atoms with Crippen molar-refractivity contribution < 1.29 is 22.5 Å². The van der Waals surface area contributed by atoms with E-state index in [9.17, 15) is 4.79 Å². The first-order valence-electron chi connectivity index (χ1n) is 5.09. The van der Waals surface area contributed by atoms with Gasteiger partial charge in [-0.1, -0.05) is 6.08 Å². The molecule has 0 unspecified atom stereocenters. The summed E-state index contributed by atoms with van der Waals surface area (Å²) in [5.74, 6) is 0.0885. The van der Waals surface area contributed by atoms with Gasteiger partial charge >= 0.3 is 9.05 Å². The van der Waals surface area contributed by atoms with Crippen LogP contribution >= 0.6 is 0 Å². The van der Waals surface area contributed by atoms with E-state index in [-0.39, 0.29) is 5.78 Å². The van der Waals surface area contributed by atoms with Gasteiger partial charge in [-0.2, -0.15) is 0 Å². The van der Waals surface area contributed by atoms with Gasteiger partial charge in [0.1, 0.15) is 0 Å². The molecule has 0 fully saturated rings. The van der Waals surface area contributed by atoms with E-state index in [1.807, 2.05) is 6.92 Å². The highest BCUT2D eigenvalue weighted by Gasteiger charge is 2.41. The number of ketones is 1. The normalized spacial score (nSPS) is 12.2. The second-order valence-corrected chi connectivity index (χ2v) is 5.54. The Balaban J connectivity index is 3.83. The summed E-state index contributed by atoms with van der Waals surface area (Å²) in [5.41, 5.74) is 0. The maximum absolute atomic E-state index is 11.2. The Hall–Kier alpha value is -0.533. The SMILES string of the molecule is CC=CC(=O)CCCO[Si](OC)(OC)OC. The van der Waals surface area contributed by atoms with Gasteiger partial charge in [0.25, 0.3) is 0 Å². The van der Waals surface area contributed by atoms with Gasteiger partial charge in [0.15, 0.2) is 5.78 Å². The molecule has 0 aliphatic heterocycles. The molecular formula is C10H20O5Si. The Kier molecular flexibility index (Phi) is 8.31. The van der Waals surface area contributed by atoms with Crippen LogP contribution in [-0.4, -0.2) is 42.8 Å². The van der Waals surface area contributed by atoms with Crippen molar-refractivity contribution in [3.63, 3.8) is 0 Å². The van der Waals surface area contributed by atoms with Crippen LogP contribution in [0.4, 0.5) is 0 Å². The lowest BCUT2D eigenvalue weighted by Gasteiger charge is -2.22. The number of hydrogen-bond donors (Lipinski definition) is 0. The lowest BCUT2D eigenvalue weighted by Crippen LogP contribution is -2.46. The minimum Gasteiger partial charge on any atom is -0.355 e. The second kappa shape index (κ2) is 8.60.